The second-order valence-corrected chi connectivity index (χ2v) is 9.32. The maximum Gasteiger partial charge on any atom is 0.241 e. The molecule has 0 bridgehead atoms. The van der Waals surface area contributed by atoms with E-state index in [1.807, 2.05) is 0 Å². The molecule has 0 radical (unpaired) electrons. The number of fused-ring (bicyclic) bond motifs is 3. The standard InChI is InChI=1S/C26H15Cl2NO5/c27-17-11-10-14(12-18(17)28)29-24(32)19-20(25(29)33)26(34-21(19)13-6-2-1-3-7-13)22(30)15-8-4-5-9-16(15)23(26)31/h1-12,19-21H/t19-,20+,21-/m1/s1. The molecule has 0 aromatic heterocycles. The lowest BCUT2D eigenvalue weighted by Gasteiger charge is -2.27. The van der Waals surface area contributed by atoms with Gasteiger partial charge in [-0.1, -0.05) is 77.8 Å². The fourth-order valence-electron chi connectivity index (χ4n) is 5.34. The summed E-state index contributed by atoms with van der Waals surface area (Å²) in [5.74, 6) is -4.81. The molecule has 34 heavy (non-hydrogen) atoms. The Morgan fingerprint density at radius 2 is 1.35 bits per heavy atom. The Bertz CT molecular complexity index is 1380. The summed E-state index contributed by atoms with van der Waals surface area (Å²) in [7, 11) is 0. The molecule has 2 aliphatic heterocycles. The van der Waals surface area contributed by atoms with Crippen LogP contribution in [0.5, 0.6) is 0 Å². The maximum absolute atomic E-state index is 13.8. The highest BCUT2D eigenvalue weighted by Crippen LogP contribution is 2.57. The number of halogens is 2. The SMILES string of the molecule is O=C1[C@H]2[C@@H](c3ccccc3)OC3(C(=O)c4ccccc4C3=O)[C@@H]2C(=O)N1c1ccc(Cl)c(Cl)c1. The van der Waals surface area contributed by atoms with E-state index in [9.17, 15) is 19.2 Å². The van der Waals surface area contributed by atoms with Crippen molar-refractivity contribution in [1.29, 1.82) is 0 Å². The second kappa shape index (κ2) is 7.34. The number of hydrogen-bond acceptors (Lipinski definition) is 5. The van der Waals surface area contributed by atoms with Crippen molar-refractivity contribution in [1.82, 2.24) is 0 Å². The van der Waals surface area contributed by atoms with E-state index < -0.39 is 46.9 Å². The van der Waals surface area contributed by atoms with Crippen molar-refractivity contribution in [2.75, 3.05) is 4.90 Å². The van der Waals surface area contributed by atoms with E-state index in [1.165, 1.54) is 30.3 Å². The molecule has 3 atom stereocenters. The van der Waals surface area contributed by atoms with Gasteiger partial charge in [-0.3, -0.25) is 19.2 Å². The van der Waals surface area contributed by atoms with Crippen molar-refractivity contribution in [3.05, 3.63) is 99.5 Å². The molecule has 0 unspecified atom stereocenters. The van der Waals surface area contributed by atoms with Crippen molar-refractivity contribution < 1.29 is 23.9 Å². The van der Waals surface area contributed by atoms with Crippen LogP contribution in [-0.4, -0.2) is 29.0 Å². The molecule has 0 saturated carbocycles. The van der Waals surface area contributed by atoms with Crippen LogP contribution in [0.2, 0.25) is 10.0 Å². The summed E-state index contributed by atoms with van der Waals surface area (Å²) in [6.07, 6.45) is -0.961. The van der Waals surface area contributed by atoms with Crippen LogP contribution < -0.4 is 4.90 Å². The Labute approximate surface area is 204 Å². The summed E-state index contributed by atoms with van der Waals surface area (Å²) in [6.45, 7) is 0. The van der Waals surface area contributed by atoms with Gasteiger partial charge in [0.05, 0.1) is 33.7 Å². The van der Waals surface area contributed by atoms with Gasteiger partial charge in [-0.15, -0.1) is 0 Å². The number of nitrogens with zero attached hydrogens (tertiary/aromatic N) is 1. The van der Waals surface area contributed by atoms with E-state index in [4.69, 9.17) is 27.9 Å². The van der Waals surface area contributed by atoms with Gasteiger partial charge >= 0.3 is 0 Å². The zero-order valence-corrected chi connectivity index (χ0v) is 18.9. The summed E-state index contributed by atoms with van der Waals surface area (Å²) >= 11 is 12.2. The number of carbonyl (C=O) groups excluding carboxylic acids is 4. The van der Waals surface area contributed by atoms with Crippen molar-refractivity contribution in [2.45, 2.75) is 11.7 Å². The first-order chi connectivity index (χ1) is 16.4. The molecule has 3 aromatic rings. The topological polar surface area (TPSA) is 80.8 Å². The molecular formula is C26H15Cl2NO5. The number of rotatable bonds is 2. The highest BCUT2D eigenvalue weighted by molar-refractivity contribution is 6.42. The second-order valence-electron chi connectivity index (χ2n) is 8.50. The van der Waals surface area contributed by atoms with E-state index in [1.54, 1.807) is 42.5 Å². The van der Waals surface area contributed by atoms with Crippen LogP contribution in [0, 0.1) is 11.8 Å². The van der Waals surface area contributed by atoms with Crippen LogP contribution in [0.4, 0.5) is 5.69 Å². The average Bonchev–Trinajstić information content (AvgIpc) is 3.42. The molecule has 2 saturated heterocycles. The zero-order chi connectivity index (χ0) is 23.8. The van der Waals surface area contributed by atoms with E-state index in [-0.39, 0.29) is 26.9 Å². The molecule has 2 fully saturated rings. The number of ketones is 2. The fourth-order valence-corrected chi connectivity index (χ4v) is 5.63. The number of amides is 2. The van der Waals surface area contributed by atoms with Crippen molar-refractivity contribution in [3.63, 3.8) is 0 Å². The van der Waals surface area contributed by atoms with Gasteiger partial charge in [0.15, 0.2) is 0 Å². The first-order valence-electron chi connectivity index (χ1n) is 10.6. The molecule has 2 amide bonds. The lowest BCUT2D eigenvalue weighted by Crippen LogP contribution is -2.51. The predicted molar refractivity (Wildman–Crippen MR) is 124 cm³/mol. The third kappa shape index (κ3) is 2.61. The van der Waals surface area contributed by atoms with Crippen molar-refractivity contribution in [2.24, 2.45) is 11.8 Å². The van der Waals surface area contributed by atoms with Gasteiger partial charge in [0.1, 0.15) is 0 Å². The highest BCUT2D eigenvalue weighted by Gasteiger charge is 2.74. The van der Waals surface area contributed by atoms with Gasteiger partial charge in [-0.05, 0) is 23.8 Å². The Morgan fingerprint density at radius 1 is 0.735 bits per heavy atom. The van der Waals surface area contributed by atoms with Crippen LogP contribution in [0.25, 0.3) is 0 Å². The Kier molecular flexibility index (Phi) is 4.58. The molecule has 2 heterocycles. The minimum atomic E-state index is -2.10. The Hall–Kier alpha value is -3.32. The lowest BCUT2D eigenvalue weighted by atomic mass is 9.77. The van der Waals surface area contributed by atoms with Gasteiger partial charge in [0, 0.05) is 11.1 Å². The first kappa shape index (κ1) is 21.2. The van der Waals surface area contributed by atoms with Gasteiger partial charge in [0.25, 0.3) is 0 Å². The maximum atomic E-state index is 13.8. The van der Waals surface area contributed by atoms with Gasteiger partial charge < -0.3 is 4.74 Å². The summed E-state index contributed by atoms with van der Waals surface area (Å²) in [6, 6.07) is 19.6. The number of benzene rings is 3. The molecule has 3 aromatic carbocycles. The van der Waals surface area contributed by atoms with E-state index >= 15 is 0 Å². The minimum absolute atomic E-state index is 0.169. The molecular weight excluding hydrogens is 477 g/mol. The van der Waals surface area contributed by atoms with Crippen molar-refractivity contribution in [3.8, 4) is 0 Å². The number of anilines is 1. The van der Waals surface area contributed by atoms with Crippen molar-refractivity contribution >= 4 is 52.3 Å². The monoisotopic (exact) mass is 491 g/mol. The normalized spacial score (nSPS) is 24.8. The van der Waals surface area contributed by atoms with Gasteiger partial charge in [-0.2, -0.15) is 0 Å². The molecule has 1 spiro atoms. The lowest BCUT2D eigenvalue weighted by molar-refractivity contribution is -0.127. The predicted octanol–water partition coefficient (Wildman–Crippen LogP) is 4.69. The van der Waals surface area contributed by atoms with E-state index in [0.29, 0.717) is 5.56 Å². The van der Waals surface area contributed by atoms with Crippen LogP contribution in [-0.2, 0) is 14.3 Å². The Morgan fingerprint density at radius 3 is 1.97 bits per heavy atom. The quantitative estimate of drug-likeness (QED) is 0.383. The van der Waals surface area contributed by atoms with Crippen LogP contribution in [0.15, 0.2) is 72.8 Å². The van der Waals surface area contributed by atoms with Crippen LogP contribution >= 0.6 is 23.2 Å². The first-order valence-corrected chi connectivity index (χ1v) is 11.4. The number of Topliss-reactive ketones (excluding diaryl/α,β-unsaturated/α-hetero) is 2. The molecule has 0 N–H and O–H groups in total. The molecule has 6 nitrogen and oxygen atoms in total. The number of imide groups is 1. The minimum Gasteiger partial charge on any atom is -0.349 e. The van der Waals surface area contributed by atoms with Gasteiger partial charge in [-0.25, -0.2) is 4.90 Å². The highest BCUT2D eigenvalue weighted by atomic mass is 35.5. The fraction of sp³-hybridized carbons (Fsp3) is 0.154. The number of ether oxygens (including phenoxy) is 1. The molecule has 3 aliphatic rings. The molecule has 8 heteroatoms. The smallest absolute Gasteiger partial charge is 0.241 e. The summed E-state index contributed by atoms with van der Waals surface area (Å²) in [5, 5.41) is 0.436. The average molecular weight is 492 g/mol. The largest absolute Gasteiger partial charge is 0.349 e. The van der Waals surface area contributed by atoms with Gasteiger partial charge in [0.2, 0.25) is 29.0 Å². The number of hydrogen-bond donors (Lipinski definition) is 0. The third-order valence-corrected chi connectivity index (χ3v) is 7.55. The summed E-state index contributed by atoms with van der Waals surface area (Å²) < 4.78 is 6.22. The summed E-state index contributed by atoms with van der Waals surface area (Å²) in [5.41, 5.74) is -0.910. The third-order valence-electron chi connectivity index (χ3n) is 6.81. The molecule has 1 aliphatic carbocycles. The van der Waals surface area contributed by atoms with Crippen LogP contribution in [0.1, 0.15) is 32.4 Å². The molecule has 168 valence electrons. The number of carbonyl (C=O) groups is 4. The Balaban J connectivity index is 1.55. The van der Waals surface area contributed by atoms with E-state index in [0.717, 1.165) is 4.90 Å². The molecule has 6 rings (SSSR count). The summed E-state index contributed by atoms with van der Waals surface area (Å²) in [4.78, 5) is 55.9. The van der Waals surface area contributed by atoms with E-state index in [2.05, 4.69) is 0 Å². The van der Waals surface area contributed by atoms with Crippen LogP contribution in [0.3, 0.4) is 0 Å². The zero-order valence-electron chi connectivity index (χ0n) is 17.4.